The van der Waals surface area contributed by atoms with Crippen LogP contribution in [0.3, 0.4) is 0 Å². The molecule has 0 saturated carbocycles. The van der Waals surface area contributed by atoms with Gasteiger partial charge in [-0.3, -0.25) is 4.90 Å². The van der Waals surface area contributed by atoms with Crippen LogP contribution in [0.1, 0.15) is 27.2 Å². The van der Waals surface area contributed by atoms with Crippen LogP contribution in [0.15, 0.2) is 28.7 Å². The molecule has 0 heterocycles. The Bertz CT molecular complexity index is 328. The lowest BCUT2D eigenvalue weighted by Gasteiger charge is -2.25. The summed E-state index contributed by atoms with van der Waals surface area (Å²) < 4.78 is 6.80. The molecule has 0 atom stereocenters. The maximum atomic E-state index is 5.74. The highest BCUT2D eigenvalue weighted by atomic mass is 79.9. The minimum Gasteiger partial charge on any atom is -0.492 e. The van der Waals surface area contributed by atoms with E-state index in [0.717, 1.165) is 29.9 Å². The van der Waals surface area contributed by atoms with Crippen molar-refractivity contribution in [3.63, 3.8) is 0 Å². The Hall–Kier alpha value is -0.540. The average Bonchev–Trinajstić information content (AvgIpc) is 2.28. The highest BCUT2D eigenvalue weighted by Crippen LogP contribution is 2.17. The lowest BCUT2D eigenvalue weighted by molar-refractivity contribution is 0.176. The van der Waals surface area contributed by atoms with Gasteiger partial charge in [-0.25, -0.2) is 0 Å². The third-order valence-corrected chi connectivity index (χ3v) is 3.18. The van der Waals surface area contributed by atoms with Crippen molar-refractivity contribution in [3.05, 3.63) is 28.7 Å². The summed E-state index contributed by atoms with van der Waals surface area (Å²) in [7, 11) is 0. The van der Waals surface area contributed by atoms with E-state index >= 15 is 0 Å². The van der Waals surface area contributed by atoms with E-state index in [0.29, 0.717) is 6.04 Å². The first kappa shape index (κ1) is 14.5. The number of hydrogen-bond donors (Lipinski definition) is 0. The highest BCUT2D eigenvalue weighted by Gasteiger charge is 2.07. The Morgan fingerprint density at radius 3 is 2.65 bits per heavy atom. The first-order chi connectivity index (χ1) is 8.13. The predicted molar refractivity (Wildman–Crippen MR) is 76.6 cm³/mol. The van der Waals surface area contributed by atoms with Crippen LogP contribution in [0, 0.1) is 0 Å². The van der Waals surface area contributed by atoms with E-state index in [1.165, 1.54) is 6.42 Å². The molecule has 0 amide bonds. The number of ether oxygens (including phenoxy) is 1. The molecule has 0 radical (unpaired) electrons. The molecule has 0 unspecified atom stereocenters. The fraction of sp³-hybridized carbons (Fsp3) is 0.571. The molecule has 0 aromatic heterocycles. The lowest BCUT2D eigenvalue weighted by atomic mass is 10.3. The first-order valence-corrected chi connectivity index (χ1v) is 7.05. The van der Waals surface area contributed by atoms with E-state index in [1.807, 2.05) is 24.3 Å². The summed E-state index contributed by atoms with van der Waals surface area (Å²) in [5.41, 5.74) is 0. The second-order valence-corrected chi connectivity index (χ2v) is 5.35. The van der Waals surface area contributed by atoms with E-state index < -0.39 is 0 Å². The fourth-order valence-corrected chi connectivity index (χ4v) is 2.13. The van der Waals surface area contributed by atoms with Crippen LogP contribution in [0.4, 0.5) is 0 Å². The molecule has 0 aliphatic heterocycles. The second kappa shape index (κ2) is 7.72. The molecule has 1 aromatic carbocycles. The third-order valence-electron chi connectivity index (χ3n) is 2.68. The monoisotopic (exact) mass is 299 g/mol. The largest absolute Gasteiger partial charge is 0.492 e. The second-order valence-electron chi connectivity index (χ2n) is 4.44. The molecule has 17 heavy (non-hydrogen) atoms. The van der Waals surface area contributed by atoms with Gasteiger partial charge in [-0.15, -0.1) is 0 Å². The van der Waals surface area contributed by atoms with Crippen molar-refractivity contribution in [1.82, 2.24) is 4.90 Å². The molecular weight excluding hydrogens is 278 g/mol. The summed E-state index contributed by atoms with van der Waals surface area (Å²) in [6, 6.07) is 8.57. The van der Waals surface area contributed by atoms with Gasteiger partial charge >= 0.3 is 0 Å². The van der Waals surface area contributed by atoms with E-state index in [1.54, 1.807) is 0 Å². The zero-order chi connectivity index (χ0) is 12.7. The molecule has 0 aliphatic carbocycles. The van der Waals surface area contributed by atoms with Crippen molar-refractivity contribution in [3.8, 4) is 5.75 Å². The Labute approximate surface area is 113 Å². The van der Waals surface area contributed by atoms with Crippen LogP contribution in [0.25, 0.3) is 0 Å². The van der Waals surface area contributed by atoms with Gasteiger partial charge in [-0.1, -0.05) is 28.9 Å². The molecule has 0 spiro atoms. The van der Waals surface area contributed by atoms with Crippen molar-refractivity contribution in [2.24, 2.45) is 0 Å². The van der Waals surface area contributed by atoms with Crippen molar-refractivity contribution in [2.75, 3.05) is 19.7 Å². The molecule has 1 aromatic rings. The van der Waals surface area contributed by atoms with Gasteiger partial charge in [0.05, 0.1) is 0 Å². The summed E-state index contributed by atoms with van der Waals surface area (Å²) in [6.45, 7) is 9.54. The van der Waals surface area contributed by atoms with Crippen LogP contribution < -0.4 is 4.74 Å². The number of hydrogen-bond acceptors (Lipinski definition) is 2. The molecule has 0 fully saturated rings. The maximum absolute atomic E-state index is 5.74. The smallest absolute Gasteiger partial charge is 0.120 e. The zero-order valence-electron chi connectivity index (χ0n) is 10.9. The summed E-state index contributed by atoms with van der Waals surface area (Å²) in [5, 5.41) is 0. The van der Waals surface area contributed by atoms with Crippen LogP contribution in [0.5, 0.6) is 5.75 Å². The van der Waals surface area contributed by atoms with Crippen LogP contribution >= 0.6 is 15.9 Å². The van der Waals surface area contributed by atoms with E-state index in [4.69, 9.17) is 4.74 Å². The van der Waals surface area contributed by atoms with Gasteiger partial charge < -0.3 is 4.74 Å². The fourth-order valence-electron chi connectivity index (χ4n) is 1.75. The van der Waals surface area contributed by atoms with Crippen LogP contribution in [-0.2, 0) is 0 Å². The summed E-state index contributed by atoms with van der Waals surface area (Å²) in [6.07, 6.45) is 1.19. The third kappa shape index (κ3) is 5.55. The minimum absolute atomic E-state index is 0.584. The standard InChI is InChI=1S/C14H22BrNO/c1-4-8-16(12(2)3)9-10-17-14-7-5-6-13(15)11-14/h5-7,11-12H,4,8-10H2,1-3H3. The summed E-state index contributed by atoms with van der Waals surface area (Å²) >= 11 is 3.44. The van der Waals surface area contributed by atoms with Crippen molar-refractivity contribution >= 4 is 15.9 Å². The summed E-state index contributed by atoms with van der Waals surface area (Å²) in [5.74, 6) is 0.930. The Morgan fingerprint density at radius 2 is 2.06 bits per heavy atom. The van der Waals surface area contributed by atoms with Gasteiger partial charge in [0.2, 0.25) is 0 Å². The van der Waals surface area contributed by atoms with Crippen LogP contribution in [0.2, 0.25) is 0 Å². The average molecular weight is 300 g/mol. The molecule has 96 valence electrons. The van der Waals surface area contributed by atoms with Crippen molar-refractivity contribution in [2.45, 2.75) is 33.2 Å². The van der Waals surface area contributed by atoms with E-state index in [-0.39, 0.29) is 0 Å². The van der Waals surface area contributed by atoms with Gasteiger partial charge in [0.25, 0.3) is 0 Å². The van der Waals surface area contributed by atoms with Gasteiger partial charge in [-0.05, 0) is 45.0 Å². The predicted octanol–water partition coefficient (Wildman–Crippen LogP) is 3.95. The molecule has 0 aliphatic rings. The van der Waals surface area contributed by atoms with Crippen molar-refractivity contribution in [1.29, 1.82) is 0 Å². The SMILES string of the molecule is CCCN(CCOc1cccc(Br)c1)C(C)C. The Morgan fingerprint density at radius 1 is 1.29 bits per heavy atom. The lowest BCUT2D eigenvalue weighted by Crippen LogP contribution is -2.35. The quantitative estimate of drug-likeness (QED) is 0.756. The molecule has 0 N–H and O–H groups in total. The van der Waals surface area contributed by atoms with Crippen LogP contribution in [-0.4, -0.2) is 30.6 Å². The number of benzene rings is 1. The number of rotatable bonds is 7. The highest BCUT2D eigenvalue weighted by molar-refractivity contribution is 9.10. The Kier molecular flexibility index (Phi) is 6.60. The molecular formula is C14H22BrNO. The molecule has 3 heteroatoms. The molecule has 0 saturated heterocycles. The first-order valence-electron chi connectivity index (χ1n) is 6.26. The zero-order valence-corrected chi connectivity index (χ0v) is 12.5. The van der Waals surface area contributed by atoms with E-state index in [2.05, 4.69) is 41.6 Å². The molecule has 1 rings (SSSR count). The van der Waals surface area contributed by atoms with E-state index in [9.17, 15) is 0 Å². The van der Waals surface area contributed by atoms with Gasteiger partial charge in [0.15, 0.2) is 0 Å². The number of halogens is 1. The Balaban J connectivity index is 2.35. The normalized spacial score (nSPS) is 11.2. The number of nitrogens with zero attached hydrogens (tertiary/aromatic N) is 1. The molecule has 2 nitrogen and oxygen atoms in total. The van der Waals surface area contributed by atoms with Gasteiger partial charge in [0.1, 0.15) is 12.4 Å². The van der Waals surface area contributed by atoms with Gasteiger partial charge in [0, 0.05) is 17.1 Å². The topological polar surface area (TPSA) is 12.5 Å². The summed E-state index contributed by atoms with van der Waals surface area (Å²) in [4.78, 5) is 2.44. The van der Waals surface area contributed by atoms with Gasteiger partial charge in [-0.2, -0.15) is 0 Å². The maximum Gasteiger partial charge on any atom is 0.120 e. The minimum atomic E-state index is 0.584. The van der Waals surface area contributed by atoms with Crippen molar-refractivity contribution < 1.29 is 4.74 Å². The molecule has 0 bridgehead atoms.